The molecule has 0 unspecified atom stereocenters. The summed E-state index contributed by atoms with van der Waals surface area (Å²) in [5, 5.41) is 9.32. The predicted octanol–water partition coefficient (Wildman–Crippen LogP) is 5.02. The van der Waals surface area contributed by atoms with Crippen molar-refractivity contribution in [3.63, 3.8) is 0 Å². The number of ether oxygens (including phenoxy) is 2. The molecule has 3 rings (SSSR count). The Morgan fingerprint density at radius 3 is 2.14 bits per heavy atom. The predicted molar refractivity (Wildman–Crippen MR) is 105 cm³/mol. The van der Waals surface area contributed by atoms with E-state index < -0.39 is 17.6 Å². The van der Waals surface area contributed by atoms with E-state index in [1.54, 1.807) is 35.2 Å². The molecule has 0 aliphatic rings. The fourth-order valence-electron chi connectivity index (χ4n) is 2.97. The zero-order valence-corrected chi connectivity index (χ0v) is 15.9. The Balaban J connectivity index is 2.14. The van der Waals surface area contributed by atoms with E-state index in [-0.39, 0.29) is 17.7 Å². The third kappa shape index (κ3) is 4.29. The molecule has 0 spiro atoms. The third-order valence-electron chi connectivity index (χ3n) is 4.46. The highest BCUT2D eigenvalue weighted by molar-refractivity contribution is 5.89. The zero-order chi connectivity index (χ0) is 21.0. The quantitative estimate of drug-likeness (QED) is 0.605. The largest absolute Gasteiger partial charge is 0.493 e. The smallest absolute Gasteiger partial charge is 0.335 e. The van der Waals surface area contributed by atoms with Crippen LogP contribution in [0.1, 0.15) is 15.9 Å². The second-order valence-corrected chi connectivity index (χ2v) is 6.18. The highest BCUT2D eigenvalue weighted by Crippen LogP contribution is 2.36. The van der Waals surface area contributed by atoms with Crippen LogP contribution in [0.25, 0.3) is 0 Å². The standard InChI is InChI=1S/C22H19F2NO4/c1-28-20-10-9-16(12-21(20)29-2)25(13-17-18(23)7-4-8-19(17)24)15-6-3-5-14(11-15)22(26)27/h3-12H,13H2,1-2H3,(H,26,27). The summed E-state index contributed by atoms with van der Waals surface area (Å²) in [6.07, 6.45) is 0. The van der Waals surface area contributed by atoms with Crippen LogP contribution in [0.4, 0.5) is 20.2 Å². The lowest BCUT2D eigenvalue weighted by Gasteiger charge is -2.26. The van der Waals surface area contributed by atoms with E-state index in [0.29, 0.717) is 22.9 Å². The van der Waals surface area contributed by atoms with Gasteiger partial charge in [0.15, 0.2) is 11.5 Å². The molecule has 0 saturated heterocycles. The van der Waals surface area contributed by atoms with Gasteiger partial charge in [0, 0.05) is 23.0 Å². The minimum atomic E-state index is -1.10. The van der Waals surface area contributed by atoms with Crippen molar-refractivity contribution in [2.45, 2.75) is 6.54 Å². The van der Waals surface area contributed by atoms with Gasteiger partial charge >= 0.3 is 5.97 Å². The summed E-state index contributed by atoms with van der Waals surface area (Å²) in [5.41, 5.74) is 0.928. The summed E-state index contributed by atoms with van der Waals surface area (Å²) in [5.74, 6) is -1.56. The van der Waals surface area contributed by atoms with Gasteiger partial charge < -0.3 is 19.5 Å². The maximum absolute atomic E-state index is 14.3. The number of aromatic carboxylic acids is 1. The van der Waals surface area contributed by atoms with Gasteiger partial charge in [-0.1, -0.05) is 12.1 Å². The molecule has 0 aromatic heterocycles. The lowest BCUT2D eigenvalue weighted by Crippen LogP contribution is -2.19. The van der Waals surface area contributed by atoms with Crippen molar-refractivity contribution in [3.8, 4) is 11.5 Å². The molecule has 1 N–H and O–H groups in total. The molecule has 29 heavy (non-hydrogen) atoms. The minimum Gasteiger partial charge on any atom is -0.493 e. The van der Waals surface area contributed by atoms with Crippen LogP contribution in [0.3, 0.4) is 0 Å². The van der Waals surface area contributed by atoms with Crippen LogP contribution < -0.4 is 14.4 Å². The first-order chi connectivity index (χ1) is 13.9. The number of anilines is 2. The Hall–Kier alpha value is -3.61. The average Bonchev–Trinajstić information content (AvgIpc) is 2.73. The van der Waals surface area contributed by atoms with Crippen molar-refractivity contribution in [1.29, 1.82) is 0 Å². The van der Waals surface area contributed by atoms with Gasteiger partial charge in [-0.3, -0.25) is 0 Å². The number of hydrogen-bond acceptors (Lipinski definition) is 4. The van der Waals surface area contributed by atoms with Gasteiger partial charge in [-0.25, -0.2) is 13.6 Å². The molecule has 0 radical (unpaired) electrons. The molecule has 0 atom stereocenters. The zero-order valence-electron chi connectivity index (χ0n) is 15.9. The SMILES string of the molecule is COc1ccc(N(Cc2c(F)cccc2F)c2cccc(C(=O)O)c2)cc1OC. The molecule has 0 fully saturated rings. The maximum Gasteiger partial charge on any atom is 0.335 e. The van der Waals surface area contributed by atoms with Crippen LogP contribution in [-0.4, -0.2) is 25.3 Å². The fourth-order valence-corrected chi connectivity index (χ4v) is 2.97. The highest BCUT2D eigenvalue weighted by atomic mass is 19.1. The van der Waals surface area contributed by atoms with Gasteiger partial charge in [0.05, 0.1) is 26.3 Å². The van der Waals surface area contributed by atoms with E-state index >= 15 is 0 Å². The summed E-state index contributed by atoms with van der Waals surface area (Å²) >= 11 is 0. The molecule has 3 aromatic rings. The van der Waals surface area contributed by atoms with Crippen molar-refractivity contribution in [2.24, 2.45) is 0 Å². The van der Waals surface area contributed by atoms with E-state index in [4.69, 9.17) is 9.47 Å². The number of nitrogens with zero attached hydrogens (tertiary/aromatic N) is 1. The van der Waals surface area contributed by atoms with Crippen molar-refractivity contribution >= 4 is 17.3 Å². The van der Waals surface area contributed by atoms with Crippen LogP contribution in [-0.2, 0) is 6.54 Å². The summed E-state index contributed by atoms with van der Waals surface area (Å²) in [4.78, 5) is 13.0. The molecule has 0 saturated carbocycles. The van der Waals surface area contributed by atoms with Gasteiger partial charge in [0.1, 0.15) is 11.6 Å². The normalized spacial score (nSPS) is 10.5. The Morgan fingerprint density at radius 2 is 1.52 bits per heavy atom. The van der Waals surface area contributed by atoms with E-state index in [9.17, 15) is 18.7 Å². The minimum absolute atomic E-state index is 0.0574. The highest BCUT2D eigenvalue weighted by Gasteiger charge is 2.19. The number of carbonyl (C=O) groups is 1. The van der Waals surface area contributed by atoms with Gasteiger partial charge in [0.2, 0.25) is 0 Å². The maximum atomic E-state index is 14.3. The van der Waals surface area contributed by atoms with Gasteiger partial charge in [0.25, 0.3) is 0 Å². The van der Waals surface area contributed by atoms with Crippen molar-refractivity contribution < 1.29 is 28.2 Å². The molecular formula is C22H19F2NO4. The number of hydrogen-bond donors (Lipinski definition) is 1. The molecule has 0 amide bonds. The van der Waals surface area contributed by atoms with Crippen molar-refractivity contribution in [2.75, 3.05) is 19.1 Å². The Morgan fingerprint density at radius 1 is 0.897 bits per heavy atom. The average molecular weight is 399 g/mol. The molecular weight excluding hydrogens is 380 g/mol. The first-order valence-electron chi connectivity index (χ1n) is 8.70. The van der Waals surface area contributed by atoms with Gasteiger partial charge in [-0.05, 0) is 42.5 Å². The molecule has 0 aliphatic carbocycles. The molecule has 0 bridgehead atoms. The second-order valence-electron chi connectivity index (χ2n) is 6.18. The molecule has 5 nitrogen and oxygen atoms in total. The van der Waals surface area contributed by atoms with Crippen molar-refractivity contribution in [3.05, 3.63) is 83.4 Å². The van der Waals surface area contributed by atoms with Gasteiger partial charge in [-0.15, -0.1) is 0 Å². The van der Waals surface area contributed by atoms with E-state index in [1.165, 1.54) is 44.6 Å². The van der Waals surface area contributed by atoms with Gasteiger partial charge in [-0.2, -0.15) is 0 Å². The summed E-state index contributed by atoms with van der Waals surface area (Å²) in [6, 6.07) is 14.8. The first-order valence-corrected chi connectivity index (χ1v) is 8.70. The first kappa shape index (κ1) is 20.1. The van der Waals surface area contributed by atoms with E-state index in [0.717, 1.165) is 0 Å². The lowest BCUT2D eigenvalue weighted by molar-refractivity contribution is 0.0697. The number of carboxylic acids is 1. The van der Waals surface area contributed by atoms with E-state index in [2.05, 4.69) is 0 Å². The number of benzene rings is 3. The summed E-state index contributed by atoms with van der Waals surface area (Å²) < 4.78 is 39.2. The number of methoxy groups -OCH3 is 2. The Bertz CT molecular complexity index is 1020. The van der Waals surface area contributed by atoms with Crippen LogP contribution in [0.2, 0.25) is 0 Å². The number of halogens is 2. The lowest BCUT2D eigenvalue weighted by atomic mass is 10.1. The topological polar surface area (TPSA) is 59.0 Å². The molecule has 7 heteroatoms. The number of rotatable bonds is 7. The third-order valence-corrected chi connectivity index (χ3v) is 4.46. The van der Waals surface area contributed by atoms with Crippen LogP contribution in [0.5, 0.6) is 11.5 Å². The molecule has 150 valence electrons. The summed E-state index contributed by atoms with van der Waals surface area (Å²) in [6.45, 7) is -0.156. The molecule has 3 aromatic carbocycles. The van der Waals surface area contributed by atoms with Crippen LogP contribution in [0, 0.1) is 11.6 Å². The van der Waals surface area contributed by atoms with Crippen LogP contribution >= 0.6 is 0 Å². The Labute approximate surface area is 166 Å². The second kappa shape index (κ2) is 8.60. The van der Waals surface area contributed by atoms with E-state index in [1.807, 2.05) is 0 Å². The fraction of sp³-hybridized carbons (Fsp3) is 0.136. The Kier molecular flexibility index (Phi) is 5.97. The van der Waals surface area contributed by atoms with Crippen molar-refractivity contribution in [1.82, 2.24) is 0 Å². The molecule has 0 heterocycles. The monoisotopic (exact) mass is 399 g/mol. The molecule has 0 aliphatic heterocycles. The summed E-state index contributed by atoms with van der Waals surface area (Å²) in [7, 11) is 2.98. The number of carboxylic acid groups (broad SMARTS) is 1. The van der Waals surface area contributed by atoms with Crippen LogP contribution in [0.15, 0.2) is 60.7 Å².